The van der Waals surface area contributed by atoms with E-state index in [1.807, 2.05) is 0 Å². The van der Waals surface area contributed by atoms with E-state index < -0.39 is 8.32 Å². The fraction of sp³-hybridized carbons (Fsp3) is 0.682. The molecular weight excluding hydrogens is 340 g/mol. The monoisotopic (exact) mass is 380 g/mol. The van der Waals surface area contributed by atoms with Crippen molar-refractivity contribution in [3.8, 4) is 0 Å². The first-order valence-electron chi connectivity index (χ1n) is 10.1. The van der Waals surface area contributed by atoms with Crippen LogP contribution in [-0.4, -0.2) is 27.5 Å². The van der Waals surface area contributed by atoms with Crippen LogP contribution < -0.4 is 0 Å². The standard InChI is InChI=1S/C22H40O3Si/c1-6-21(25-26(3,4)5)19-17-15-13-11-9-7-8-10-12-14-16-18-20-22(23)24-2/h7,9,13,15,17,19,21H,6,8,10-12,14,16,18,20H2,1-5H3. The van der Waals surface area contributed by atoms with E-state index in [0.717, 1.165) is 32.1 Å². The Bertz CT molecular complexity index is 433. The zero-order valence-corrected chi connectivity index (χ0v) is 18.6. The first kappa shape index (κ1) is 24.9. The summed E-state index contributed by atoms with van der Waals surface area (Å²) in [6.07, 6.45) is 22.7. The van der Waals surface area contributed by atoms with Crippen LogP contribution in [0.2, 0.25) is 19.6 Å². The maximum absolute atomic E-state index is 11.0. The molecule has 0 aliphatic carbocycles. The minimum absolute atomic E-state index is 0.0929. The van der Waals surface area contributed by atoms with Crippen molar-refractivity contribution in [2.75, 3.05) is 7.11 Å². The van der Waals surface area contributed by atoms with Crippen LogP contribution in [0.15, 0.2) is 36.5 Å². The number of allylic oxidation sites excluding steroid dienone is 5. The molecule has 0 aromatic carbocycles. The van der Waals surface area contributed by atoms with Crippen molar-refractivity contribution in [3.05, 3.63) is 36.5 Å². The van der Waals surface area contributed by atoms with Gasteiger partial charge in [-0.2, -0.15) is 0 Å². The second-order valence-electron chi connectivity index (χ2n) is 7.58. The molecule has 0 bridgehead atoms. The second-order valence-corrected chi connectivity index (χ2v) is 12.0. The molecular formula is C22H40O3Si. The van der Waals surface area contributed by atoms with Gasteiger partial charge in [-0.3, -0.25) is 4.79 Å². The van der Waals surface area contributed by atoms with E-state index in [4.69, 9.17) is 4.43 Å². The van der Waals surface area contributed by atoms with Gasteiger partial charge in [0.05, 0.1) is 13.2 Å². The van der Waals surface area contributed by atoms with Gasteiger partial charge < -0.3 is 9.16 Å². The van der Waals surface area contributed by atoms with Crippen LogP contribution in [0.5, 0.6) is 0 Å². The quantitative estimate of drug-likeness (QED) is 0.106. The van der Waals surface area contributed by atoms with E-state index in [9.17, 15) is 4.79 Å². The van der Waals surface area contributed by atoms with Crippen LogP contribution in [0, 0.1) is 0 Å². The lowest BCUT2D eigenvalue weighted by Crippen LogP contribution is -2.30. The minimum atomic E-state index is -1.46. The lowest BCUT2D eigenvalue weighted by molar-refractivity contribution is -0.140. The van der Waals surface area contributed by atoms with Crippen LogP contribution in [0.4, 0.5) is 0 Å². The number of rotatable bonds is 15. The maximum atomic E-state index is 11.0. The fourth-order valence-electron chi connectivity index (χ4n) is 2.51. The number of ether oxygens (including phenoxy) is 1. The fourth-order valence-corrected chi connectivity index (χ4v) is 3.67. The average Bonchev–Trinajstić information content (AvgIpc) is 2.59. The van der Waals surface area contributed by atoms with Crippen LogP contribution in [0.3, 0.4) is 0 Å². The van der Waals surface area contributed by atoms with E-state index in [2.05, 4.69) is 67.8 Å². The molecule has 1 unspecified atom stereocenters. The van der Waals surface area contributed by atoms with Gasteiger partial charge in [-0.15, -0.1) is 0 Å². The van der Waals surface area contributed by atoms with E-state index >= 15 is 0 Å². The summed E-state index contributed by atoms with van der Waals surface area (Å²) in [5.74, 6) is -0.0929. The van der Waals surface area contributed by atoms with E-state index in [1.54, 1.807) is 0 Å². The van der Waals surface area contributed by atoms with Gasteiger partial charge in [-0.1, -0.05) is 62.6 Å². The molecule has 0 aliphatic rings. The predicted molar refractivity (Wildman–Crippen MR) is 115 cm³/mol. The van der Waals surface area contributed by atoms with E-state index in [1.165, 1.54) is 26.4 Å². The smallest absolute Gasteiger partial charge is 0.305 e. The number of methoxy groups -OCH3 is 1. The zero-order valence-electron chi connectivity index (χ0n) is 17.6. The molecule has 0 N–H and O–H groups in total. The van der Waals surface area contributed by atoms with Crippen LogP contribution in [-0.2, 0) is 14.0 Å². The number of unbranched alkanes of at least 4 members (excludes halogenated alkanes) is 5. The molecule has 0 aromatic rings. The highest BCUT2D eigenvalue weighted by Crippen LogP contribution is 2.11. The minimum Gasteiger partial charge on any atom is -0.469 e. The Kier molecular flexibility index (Phi) is 15.4. The van der Waals surface area contributed by atoms with Crippen molar-refractivity contribution in [1.29, 1.82) is 0 Å². The first-order chi connectivity index (χ1) is 12.4. The van der Waals surface area contributed by atoms with Crippen molar-refractivity contribution in [2.45, 2.75) is 90.5 Å². The molecule has 26 heavy (non-hydrogen) atoms. The van der Waals surface area contributed by atoms with Gasteiger partial charge in [-0.05, 0) is 51.7 Å². The van der Waals surface area contributed by atoms with Crippen molar-refractivity contribution in [1.82, 2.24) is 0 Å². The Hall–Kier alpha value is -1.13. The number of hydrogen-bond donors (Lipinski definition) is 0. The molecule has 0 saturated carbocycles. The van der Waals surface area contributed by atoms with Crippen LogP contribution in [0.1, 0.15) is 64.7 Å². The van der Waals surface area contributed by atoms with Crippen molar-refractivity contribution in [3.63, 3.8) is 0 Å². The van der Waals surface area contributed by atoms with Crippen molar-refractivity contribution >= 4 is 14.3 Å². The summed E-state index contributed by atoms with van der Waals surface area (Å²) in [4.78, 5) is 11.0. The molecule has 3 nitrogen and oxygen atoms in total. The van der Waals surface area contributed by atoms with Gasteiger partial charge in [0.25, 0.3) is 0 Å². The Labute approximate surface area is 162 Å². The van der Waals surface area contributed by atoms with E-state index in [-0.39, 0.29) is 12.1 Å². The molecule has 0 spiro atoms. The molecule has 0 fully saturated rings. The lowest BCUT2D eigenvalue weighted by atomic mass is 10.1. The largest absolute Gasteiger partial charge is 0.469 e. The summed E-state index contributed by atoms with van der Waals surface area (Å²) < 4.78 is 10.7. The van der Waals surface area contributed by atoms with E-state index in [0.29, 0.717) is 6.42 Å². The Balaban J connectivity index is 3.64. The number of esters is 1. The van der Waals surface area contributed by atoms with Gasteiger partial charge in [0.2, 0.25) is 0 Å². The third-order valence-electron chi connectivity index (χ3n) is 3.90. The summed E-state index contributed by atoms with van der Waals surface area (Å²) in [6, 6.07) is 0. The van der Waals surface area contributed by atoms with Gasteiger partial charge in [-0.25, -0.2) is 0 Å². The average molecular weight is 381 g/mol. The normalized spacial score (nSPS) is 13.9. The van der Waals surface area contributed by atoms with Crippen LogP contribution in [0.25, 0.3) is 0 Å². The molecule has 1 atom stereocenters. The third-order valence-corrected chi connectivity index (χ3v) is 4.91. The number of carbonyl (C=O) groups excluding carboxylic acids is 1. The molecule has 150 valence electrons. The highest BCUT2D eigenvalue weighted by atomic mass is 28.4. The second kappa shape index (κ2) is 16.1. The van der Waals surface area contributed by atoms with Crippen molar-refractivity contribution in [2.24, 2.45) is 0 Å². The molecule has 4 heteroatoms. The summed E-state index contributed by atoms with van der Waals surface area (Å²) >= 11 is 0. The number of hydrogen-bond acceptors (Lipinski definition) is 3. The zero-order chi connectivity index (χ0) is 19.7. The van der Waals surface area contributed by atoms with Gasteiger partial charge in [0.1, 0.15) is 0 Å². The molecule has 0 rings (SSSR count). The molecule has 0 radical (unpaired) electrons. The first-order valence-corrected chi connectivity index (χ1v) is 13.5. The molecule has 0 heterocycles. The topological polar surface area (TPSA) is 35.5 Å². The lowest BCUT2D eigenvalue weighted by Gasteiger charge is -2.23. The summed E-state index contributed by atoms with van der Waals surface area (Å²) in [5.41, 5.74) is 0. The third kappa shape index (κ3) is 17.7. The summed E-state index contributed by atoms with van der Waals surface area (Å²) in [7, 11) is -0.0109. The summed E-state index contributed by atoms with van der Waals surface area (Å²) in [6.45, 7) is 8.85. The Morgan fingerprint density at radius 1 is 0.962 bits per heavy atom. The van der Waals surface area contributed by atoms with Crippen LogP contribution >= 0.6 is 0 Å². The molecule has 0 aliphatic heterocycles. The maximum Gasteiger partial charge on any atom is 0.305 e. The molecule has 0 aromatic heterocycles. The van der Waals surface area contributed by atoms with Gasteiger partial charge in [0.15, 0.2) is 8.32 Å². The number of carbonyl (C=O) groups is 1. The summed E-state index contributed by atoms with van der Waals surface area (Å²) in [5, 5.41) is 0. The van der Waals surface area contributed by atoms with Gasteiger partial charge >= 0.3 is 5.97 Å². The molecule has 0 amide bonds. The Morgan fingerprint density at radius 3 is 2.31 bits per heavy atom. The van der Waals surface area contributed by atoms with Gasteiger partial charge in [0, 0.05) is 6.42 Å². The SMILES string of the molecule is CCC(C=CC=CCC=CCCCCCCCC(=O)OC)O[Si](C)(C)C. The Morgan fingerprint density at radius 2 is 1.65 bits per heavy atom. The highest BCUT2D eigenvalue weighted by Gasteiger charge is 2.17. The highest BCUT2D eigenvalue weighted by molar-refractivity contribution is 6.69. The van der Waals surface area contributed by atoms with Crippen molar-refractivity contribution < 1.29 is 14.0 Å². The predicted octanol–water partition coefficient (Wildman–Crippen LogP) is 6.58. The molecule has 0 saturated heterocycles.